The SMILES string of the molecule is COc1cccc(C#Cc2ccc(C(=O)N[C@@H](CCC(=O)O)C(=O)NCc3ccccc3)cc2)c1. The van der Waals surface area contributed by atoms with Gasteiger partial charge in [-0.05, 0) is 54.4 Å². The van der Waals surface area contributed by atoms with E-state index in [4.69, 9.17) is 9.84 Å². The molecule has 0 spiro atoms. The van der Waals surface area contributed by atoms with Gasteiger partial charge >= 0.3 is 5.97 Å². The minimum absolute atomic E-state index is 0.0220. The molecule has 7 nitrogen and oxygen atoms in total. The fourth-order valence-corrected chi connectivity index (χ4v) is 3.24. The van der Waals surface area contributed by atoms with E-state index in [1.54, 1.807) is 31.4 Å². The highest BCUT2D eigenvalue weighted by Gasteiger charge is 2.22. The maximum Gasteiger partial charge on any atom is 0.303 e. The summed E-state index contributed by atoms with van der Waals surface area (Å²) in [5.41, 5.74) is 2.75. The lowest BCUT2D eigenvalue weighted by Crippen LogP contribution is -2.46. The van der Waals surface area contributed by atoms with Crippen LogP contribution in [-0.2, 0) is 16.1 Å². The van der Waals surface area contributed by atoms with Gasteiger partial charge in [0, 0.05) is 29.7 Å². The van der Waals surface area contributed by atoms with E-state index in [1.165, 1.54) is 0 Å². The largest absolute Gasteiger partial charge is 0.497 e. The summed E-state index contributed by atoms with van der Waals surface area (Å²) in [7, 11) is 1.59. The Morgan fingerprint density at radius 1 is 0.914 bits per heavy atom. The standard InChI is InChI=1S/C28H26N2O5/c1-35-24-9-5-8-21(18-24)11-10-20-12-14-23(15-13-20)27(33)30-25(16-17-26(31)32)28(34)29-19-22-6-3-2-4-7-22/h2-9,12-15,18,25H,16-17,19H2,1H3,(H,29,34)(H,30,33)(H,31,32)/t25-/m0/s1. The van der Waals surface area contributed by atoms with E-state index in [0.717, 1.165) is 11.1 Å². The van der Waals surface area contributed by atoms with Gasteiger partial charge < -0.3 is 20.5 Å². The van der Waals surface area contributed by atoms with Crippen LogP contribution in [0, 0.1) is 11.8 Å². The Kier molecular flexibility index (Phi) is 9.03. The molecule has 3 N–H and O–H groups in total. The second-order valence-electron chi connectivity index (χ2n) is 7.72. The van der Waals surface area contributed by atoms with Crippen LogP contribution < -0.4 is 15.4 Å². The molecule has 0 aliphatic rings. The molecule has 0 heterocycles. The number of nitrogens with one attached hydrogen (secondary N) is 2. The van der Waals surface area contributed by atoms with Crippen molar-refractivity contribution in [2.75, 3.05) is 7.11 Å². The molecular weight excluding hydrogens is 444 g/mol. The molecule has 0 unspecified atom stereocenters. The molecule has 0 bridgehead atoms. The Morgan fingerprint density at radius 3 is 2.31 bits per heavy atom. The average molecular weight is 471 g/mol. The Balaban J connectivity index is 1.64. The van der Waals surface area contributed by atoms with Gasteiger partial charge in [-0.1, -0.05) is 48.2 Å². The smallest absolute Gasteiger partial charge is 0.303 e. The fraction of sp³-hybridized carbons (Fsp3) is 0.179. The normalized spacial score (nSPS) is 10.9. The quantitative estimate of drug-likeness (QED) is 0.416. The van der Waals surface area contributed by atoms with E-state index in [0.29, 0.717) is 16.9 Å². The summed E-state index contributed by atoms with van der Waals surface area (Å²) in [5, 5.41) is 14.4. The zero-order valence-corrected chi connectivity index (χ0v) is 19.3. The summed E-state index contributed by atoms with van der Waals surface area (Å²) in [6.45, 7) is 0.278. The van der Waals surface area contributed by atoms with Gasteiger partial charge in [0.25, 0.3) is 5.91 Å². The molecule has 3 rings (SSSR count). The van der Waals surface area contributed by atoms with Crippen molar-refractivity contribution >= 4 is 17.8 Å². The number of carbonyl (C=O) groups is 3. The zero-order chi connectivity index (χ0) is 25.0. The lowest BCUT2D eigenvalue weighted by molar-refractivity contribution is -0.137. The molecule has 0 aliphatic heterocycles. The summed E-state index contributed by atoms with van der Waals surface area (Å²) < 4.78 is 5.19. The molecule has 3 aromatic rings. The van der Waals surface area contributed by atoms with Crippen molar-refractivity contribution in [3.8, 4) is 17.6 Å². The molecule has 7 heteroatoms. The monoisotopic (exact) mass is 470 g/mol. The number of amides is 2. The number of aliphatic carboxylic acids is 1. The minimum Gasteiger partial charge on any atom is -0.497 e. The van der Waals surface area contributed by atoms with Crippen LogP contribution >= 0.6 is 0 Å². The molecule has 35 heavy (non-hydrogen) atoms. The van der Waals surface area contributed by atoms with Crippen molar-refractivity contribution in [2.24, 2.45) is 0 Å². The predicted octanol–water partition coefficient (Wildman–Crippen LogP) is 3.37. The highest BCUT2D eigenvalue weighted by Crippen LogP contribution is 2.12. The number of ether oxygens (including phenoxy) is 1. The first-order valence-corrected chi connectivity index (χ1v) is 11.0. The van der Waals surface area contributed by atoms with Crippen LogP contribution in [0.1, 0.15) is 39.9 Å². The van der Waals surface area contributed by atoms with Gasteiger partial charge in [-0.15, -0.1) is 0 Å². The lowest BCUT2D eigenvalue weighted by atomic mass is 10.1. The second kappa shape index (κ2) is 12.6. The van der Waals surface area contributed by atoms with Crippen LogP contribution in [0.15, 0.2) is 78.9 Å². The number of carboxylic acids is 1. The molecule has 0 aromatic heterocycles. The van der Waals surface area contributed by atoms with Crippen molar-refractivity contribution < 1.29 is 24.2 Å². The minimum atomic E-state index is -1.04. The third kappa shape index (κ3) is 8.06. The van der Waals surface area contributed by atoms with Gasteiger partial charge in [-0.2, -0.15) is 0 Å². The van der Waals surface area contributed by atoms with Gasteiger partial charge in [0.15, 0.2) is 0 Å². The molecule has 178 valence electrons. The summed E-state index contributed by atoms with van der Waals surface area (Å²) >= 11 is 0. The number of hydrogen-bond donors (Lipinski definition) is 3. The number of benzene rings is 3. The van der Waals surface area contributed by atoms with Crippen LogP contribution in [0.5, 0.6) is 5.75 Å². The molecule has 0 radical (unpaired) electrons. The zero-order valence-electron chi connectivity index (χ0n) is 19.3. The van der Waals surface area contributed by atoms with Gasteiger partial charge in [0.2, 0.25) is 5.91 Å². The third-order valence-corrected chi connectivity index (χ3v) is 5.15. The number of carbonyl (C=O) groups excluding carboxylic acids is 2. The maximum absolute atomic E-state index is 12.8. The summed E-state index contributed by atoms with van der Waals surface area (Å²) in [6.07, 6.45) is -0.270. The first kappa shape index (κ1) is 25.1. The number of methoxy groups -OCH3 is 1. The number of rotatable bonds is 9. The first-order chi connectivity index (χ1) is 16.9. The fourth-order valence-electron chi connectivity index (χ4n) is 3.24. The van der Waals surface area contributed by atoms with E-state index >= 15 is 0 Å². The van der Waals surface area contributed by atoms with Crippen molar-refractivity contribution in [3.05, 3.63) is 101 Å². The van der Waals surface area contributed by atoms with E-state index in [9.17, 15) is 14.4 Å². The Bertz CT molecular complexity index is 1230. The van der Waals surface area contributed by atoms with Crippen molar-refractivity contribution in [1.29, 1.82) is 0 Å². The highest BCUT2D eigenvalue weighted by molar-refractivity contribution is 5.97. The summed E-state index contributed by atoms with van der Waals surface area (Å²) in [4.78, 5) is 36.5. The van der Waals surface area contributed by atoms with E-state index in [2.05, 4.69) is 22.5 Å². The van der Waals surface area contributed by atoms with Crippen LogP contribution in [0.25, 0.3) is 0 Å². The Morgan fingerprint density at radius 2 is 1.63 bits per heavy atom. The Labute approximate surface area is 204 Å². The van der Waals surface area contributed by atoms with Crippen molar-refractivity contribution in [1.82, 2.24) is 10.6 Å². The van der Waals surface area contributed by atoms with Gasteiger partial charge in [-0.25, -0.2) is 0 Å². The molecular formula is C28H26N2O5. The lowest BCUT2D eigenvalue weighted by Gasteiger charge is -2.18. The molecule has 0 aliphatic carbocycles. The number of hydrogen-bond acceptors (Lipinski definition) is 4. The maximum atomic E-state index is 12.8. The molecule has 0 fully saturated rings. The molecule has 1 atom stereocenters. The van der Waals surface area contributed by atoms with Crippen LogP contribution in [0.3, 0.4) is 0 Å². The van der Waals surface area contributed by atoms with Crippen molar-refractivity contribution in [3.63, 3.8) is 0 Å². The first-order valence-electron chi connectivity index (χ1n) is 11.0. The molecule has 0 saturated carbocycles. The average Bonchev–Trinajstić information content (AvgIpc) is 2.89. The molecule has 3 aromatic carbocycles. The Hall–Kier alpha value is -4.57. The van der Waals surface area contributed by atoms with Gasteiger partial charge in [0.1, 0.15) is 11.8 Å². The highest BCUT2D eigenvalue weighted by atomic mass is 16.5. The summed E-state index contributed by atoms with van der Waals surface area (Å²) in [5.74, 6) is 4.85. The predicted molar refractivity (Wildman–Crippen MR) is 132 cm³/mol. The summed E-state index contributed by atoms with van der Waals surface area (Å²) in [6, 6.07) is 22.4. The van der Waals surface area contributed by atoms with E-state index < -0.39 is 23.8 Å². The van der Waals surface area contributed by atoms with Crippen LogP contribution in [0.4, 0.5) is 0 Å². The van der Waals surface area contributed by atoms with Gasteiger partial charge in [-0.3, -0.25) is 14.4 Å². The molecule has 0 saturated heterocycles. The third-order valence-electron chi connectivity index (χ3n) is 5.15. The topological polar surface area (TPSA) is 105 Å². The number of carboxylic acid groups (broad SMARTS) is 1. The van der Waals surface area contributed by atoms with Crippen LogP contribution in [0.2, 0.25) is 0 Å². The van der Waals surface area contributed by atoms with E-state index in [1.807, 2.05) is 54.6 Å². The van der Waals surface area contributed by atoms with Crippen LogP contribution in [-0.4, -0.2) is 36.0 Å². The second-order valence-corrected chi connectivity index (χ2v) is 7.72. The van der Waals surface area contributed by atoms with E-state index in [-0.39, 0.29) is 19.4 Å². The molecule has 2 amide bonds. The van der Waals surface area contributed by atoms with Crippen molar-refractivity contribution in [2.45, 2.75) is 25.4 Å². The van der Waals surface area contributed by atoms with Gasteiger partial charge in [0.05, 0.1) is 7.11 Å².